The van der Waals surface area contributed by atoms with Crippen LogP contribution in [0, 0.1) is 5.92 Å². The number of carboxylic acid groups (broad SMARTS) is 1. The Morgan fingerprint density at radius 2 is 1.85 bits per heavy atom. The van der Waals surface area contributed by atoms with Gasteiger partial charge < -0.3 is 5.11 Å². The van der Waals surface area contributed by atoms with Gasteiger partial charge in [-0.15, -0.1) is 0 Å². The number of hydrogen-bond donors (Lipinski definition) is 1. The average molecular weight is 407 g/mol. The minimum Gasteiger partial charge on any atom is -0.478 e. The Bertz CT molecular complexity index is 834. The minimum atomic E-state index is -1.07. The number of rotatable bonds is 6. The molecule has 0 aliphatic heterocycles. The van der Waals surface area contributed by atoms with Crippen molar-refractivity contribution in [3.05, 3.63) is 52.1 Å². The van der Waals surface area contributed by atoms with Gasteiger partial charge in [0.25, 0.3) is 0 Å². The van der Waals surface area contributed by atoms with Gasteiger partial charge in [-0.05, 0) is 42.7 Å². The van der Waals surface area contributed by atoms with Crippen molar-refractivity contribution in [1.82, 2.24) is 4.98 Å². The molecule has 0 radical (unpaired) electrons. The molecule has 1 fully saturated rings. The summed E-state index contributed by atoms with van der Waals surface area (Å²) in [6.45, 7) is 0. The normalized spacial score (nSPS) is 14.3. The van der Waals surface area contributed by atoms with Gasteiger partial charge in [0.2, 0.25) is 5.91 Å². The van der Waals surface area contributed by atoms with E-state index in [2.05, 4.69) is 4.98 Å². The van der Waals surface area contributed by atoms with Crippen molar-refractivity contribution in [3.63, 3.8) is 0 Å². The van der Waals surface area contributed by atoms with Gasteiger partial charge >= 0.3 is 5.97 Å². The number of aromatic carboxylic acids is 1. The number of amides is 1. The van der Waals surface area contributed by atoms with Gasteiger partial charge in [0.15, 0.2) is 0 Å². The summed E-state index contributed by atoms with van der Waals surface area (Å²) in [4.78, 5) is 29.7. The SMILES string of the molecule is O=C(O)c1ccc(N(C(=O)CCC2CCCC2)c2ccc(Cl)c(Cl)c2)nc1. The second-order valence-electron chi connectivity index (χ2n) is 6.73. The number of carboxylic acids is 1. The highest BCUT2D eigenvalue weighted by atomic mass is 35.5. The zero-order chi connectivity index (χ0) is 19.4. The van der Waals surface area contributed by atoms with Crippen molar-refractivity contribution >= 4 is 46.6 Å². The van der Waals surface area contributed by atoms with Crippen LogP contribution in [0.5, 0.6) is 0 Å². The van der Waals surface area contributed by atoms with E-state index in [1.54, 1.807) is 18.2 Å². The number of halogens is 2. The van der Waals surface area contributed by atoms with Crippen LogP contribution >= 0.6 is 23.2 Å². The summed E-state index contributed by atoms with van der Waals surface area (Å²) >= 11 is 12.1. The highest BCUT2D eigenvalue weighted by Gasteiger charge is 2.23. The highest BCUT2D eigenvalue weighted by Crippen LogP contribution is 2.33. The van der Waals surface area contributed by atoms with Crippen molar-refractivity contribution in [2.75, 3.05) is 4.90 Å². The van der Waals surface area contributed by atoms with Crippen LogP contribution < -0.4 is 4.90 Å². The molecular formula is C20H20Cl2N2O3. The van der Waals surface area contributed by atoms with Crippen molar-refractivity contribution in [3.8, 4) is 0 Å². The van der Waals surface area contributed by atoms with E-state index in [1.165, 1.54) is 48.9 Å². The molecule has 1 aromatic heterocycles. The Morgan fingerprint density at radius 3 is 2.44 bits per heavy atom. The van der Waals surface area contributed by atoms with Crippen molar-refractivity contribution in [2.24, 2.45) is 5.92 Å². The third-order valence-corrected chi connectivity index (χ3v) is 5.61. The Balaban J connectivity index is 1.88. The number of nitrogens with zero attached hydrogens (tertiary/aromatic N) is 2. The first-order valence-electron chi connectivity index (χ1n) is 8.93. The standard InChI is InChI=1S/C20H20Cl2N2O3/c21-16-8-7-15(11-17(16)22)24(18-9-6-14(12-23-18)20(26)27)19(25)10-5-13-3-1-2-4-13/h6-9,11-13H,1-5,10H2,(H,26,27). The van der Waals surface area contributed by atoms with Crippen LogP contribution in [0.15, 0.2) is 36.5 Å². The first-order chi connectivity index (χ1) is 13.0. The number of aromatic nitrogens is 1. The zero-order valence-corrected chi connectivity index (χ0v) is 16.2. The third-order valence-electron chi connectivity index (χ3n) is 4.88. The van der Waals surface area contributed by atoms with E-state index in [9.17, 15) is 9.59 Å². The van der Waals surface area contributed by atoms with Crippen LogP contribution in [0.25, 0.3) is 0 Å². The van der Waals surface area contributed by atoms with Crippen LogP contribution in [0.4, 0.5) is 11.5 Å². The lowest BCUT2D eigenvalue weighted by atomic mass is 10.0. The van der Waals surface area contributed by atoms with Crippen LogP contribution in [0.2, 0.25) is 10.0 Å². The molecule has 0 bridgehead atoms. The fraction of sp³-hybridized carbons (Fsp3) is 0.350. The molecule has 0 unspecified atom stereocenters. The Morgan fingerprint density at radius 1 is 1.11 bits per heavy atom. The summed E-state index contributed by atoms with van der Waals surface area (Å²) in [6.07, 6.45) is 7.28. The second-order valence-corrected chi connectivity index (χ2v) is 7.54. The molecule has 7 heteroatoms. The maximum atomic E-state index is 13.0. The lowest BCUT2D eigenvalue weighted by Crippen LogP contribution is -2.27. The molecular weight excluding hydrogens is 387 g/mol. The number of pyridine rings is 1. The van der Waals surface area contributed by atoms with Gasteiger partial charge in [0.1, 0.15) is 5.82 Å². The van der Waals surface area contributed by atoms with Crippen molar-refractivity contribution in [2.45, 2.75) is 38.5 Å². The minimum absolute atomic E-state index is 0.0613. The van der Waals surface area contributed by atoms with Crippen LogP contribution in [0.1, 0.15) is 48.9 Å². The molecule has 1 heterocycles. The fourth-order valence-electron chi connectivity index (χ4n) is 3.41. The smallest absolute Gasteiger partial charge is 0.337 e. The molecule has 0 atom stereocenters. The molecule has 1 amide bonds. The Labute approximate surface area is 167 Å². The predicted octanol–water partition coefficient (Wildman–Crippen LogP) is 5.72. The topological polar surface area (TPSA) is 70.5 Å². The molecule has 1 aliphatic rings. The maximum absolute atomic E-state index is 13.0. The molecule has 1 saturated carbocycles. The molecule has 2 aromatic rings. The van der Waals surface area contributed by atoms with Crippen LogP contribution in [0.3, 0.4) is 0 Å². The lowest BCUT2D eigenvalue weighted by Gasteiger charge is -2.23. The summed E-state index contributed by atoms with van der Waals surface area (Å²) < 4.78 is 0. The molecule has 1 aliphatic carbocycles. The van der Waals surface area contributed by atoms with E-state index >= 15 is 0 Å². The zero-order valence-electron chi connectivity index (χ0n) is 14.7. The summed E-state index contributed by atoms with van der Waals surface area (Å²) in [5.41, 5.74) is 0.614. The fourth-order valence-corrected chi connectivity index (χ4v) is 3.70. The number of benzene rings is 1. The molecule has 3 rings (SSSR count). The third kappa shape index (κ3) is 4.79. The quantitative estimate of drug-likeness (QED) is 0.665. The largest absolute Gasteiger partial charge is 0.478 e. The number of anilines is 2. The summed E-state index contributed by atoms with van der Waals surface area (Å²) in [5.74, 6) is -0.222. The summed E-state index contributed by atoms with van der Waals surface area (Å²) in [5, 5.41) is 9.79. The maximum Gasteiger partial charge on any atom is 0.337 e. The summed E-state index contributed by atoms with van der Waals surface area (Å²) in [6, 6.07) is 7.90. The van der Waals surface area contributed by atoms with E-state index in [0.29, 0.717) is 33.9 Å². The van der Waals surface area contributed by atoms with E-state index < -0.39 is 5.97 Å². The first-order valence-corrected chi connectivity index (χ1v) is 9.68. The first kappa shape index (κ1) is 19.6. The van der Waals surface area contributed by atoms with Crippen molar-refractivity contribution in [1.29, 1.82) is 0 Å². The number of hydrogen-bond acceptors (Lipinski definition) is 3. The molecule has 1 aromatic carbocycles. The Hall–Kier alpha value is -2.11. The molecule has 0 saturated heterocycles. The van der Waals surface area contributed by atoms with Crippen LogP contribution in [-0.2, 0) is 4.79 Å². The van der Waals surface area contributed by atoms with E-state index in [0.717, 1.165) is 6.42 Å². The van der Waals surface area contributed by atoms with Crippen molar-refractivity contribution < 1.29 is 14.7 Å². The monoisotopic (exact) mass is 406 g/mol. The van der Waals surface area contributed by atoms with E-state index in [-0.39, 0.29) is 11.5 Å². The van der Waals surface area contributed by atoms with Gasteiger partial charge in [-0.3, -0.25) is 9.69 Å². The number of carbonyl (C=O) groups is 2. The molecule has 1 N–H and O–H groups in total. The molecule has 142 valence electrons. The average Bonchev–Trinajstić information content (AvgIpc) is 3.17. The van der Waals surface area contributed by atoms with Gasteiger partial charge in [-0.1, -0.05) is 48.9 Å². The predicted molar refractivity (Wildman–Crippen MR) is 106 cm³/mol. The molecule has 27 heavy (non-hydrogen) atoms. The number of carbonyl (C=O) groups excluding carboxylic acids is 1. The molecule has 5 nitrogen and oxygen atoms in total. The van der Waals surface area contributed by atoms with Gasteiger partial charge in [-0.25, -0.2) is 9.78 Å². The van der Waals surface area contributed by atoms with Gasteiger partial charge in [-0.2, -0.15) is 0 Å². The summed E-state index contributed by atoms with van der Waals surface area (Å²) in [7, 11) is 0. The lowest BCUT2D eigenvalue weighted by molar-refractivity contribution is -0.118. The Kier molecular flexibility index (Phi) is 6.34. The second kappa shape index (κ2) is 8.72. The highest BCUT2D eigenvalue weighted by molar-refractivity contribution is 6.42. The van der Waals surface area contributed by atoms with Crippen LogP contribution in [-0.4, -0.2) is 22.0 Å². The van der Waals surface area contributed by atoms with Gasteiger partial charge in [0, 0.05) is 12.6 Å². The van der Waals surface area contributed by atoms with Gasteiger partial charge in [0.05, 0.1) is 21.3 Å². The van der Waals surface area contributed by atoms with E-state index in [4.69, 9.17) is 28.3 Å². The molecule has 0 spiro atoms. The van der Waals surface area contributed by atoms with E-state index in [1.807, 2.05) is 0 Å².